The van der Waals surface area contributed by atoms with Gasteiger partial charge in [-0.15, -0.1) is 0 Å². The first-order chi connectivity index (χ1) is 12.7. The number of hydrogen-bond donors (Lipinski definition) is 1. The van der Waals surface area contributed by atoms with E-state index >= 15 is 0 Å². The van der Waals surface area contributed by atoms with E-state index in [9.17, 15) is 13.5 Å². The van der Waals surface area contributed by atoms with Gasteiger partial charge >= 0.3 is 0 Å². The van der Waals surface area contributed by atoms with Crippen molar-refractivity contribution in [2.75, 3.05) is 19.9 Å². The van der Waals surface area contributed by atoms with Crippen LogP contribution in [0, 0.1) is 6.92 Å². The van der Waals surface area contributed by atoms with E-state index in [-0.39, 0.29) is 19.2 Å². The molecule has 27 heavy (non-hydrogen) atoms. The van der Waals surface area contributed by atoms with Gasteiger partial charge in [-0.1, -0.05) is 31.2 Å². The van der Waals surface area contributed by atoms with Crippen molar-refractivity contribution in [3.63, 3.8) is 0 Å². The second-order valence-corrected chi connectivity index (χ2v) is 9.05. The Hall–Kier alpha value is -1.67. The van der Waals surface area contributed by atoms with E-state index in [2.05, 4.69) is 30.9 Å². The molecule has 0 saturated carbocycles. The average molecular weight is 395 g/mol. The third kappa shape index (κ3) is 6.17. The average Bonchev–Trinajstić information content (AvgIpc) is 3.04. The molecule has 0 bridgehead atoms. The maximum Gasteiger partial charge on any atom is 0.211 e. The molecule has 0 saturated heterocycles. The number of aliphatic hydroxyl groups excluding tert-OH is 1. The summed E-state index contributed by atoms with van der Waals surface area (Å²) in [5, 5.41) is 9.79. The molecule has 0 aliphatic heterocycles. The van der Waals surface area contributed by atoms with E-state index in [0.717, 1.165) is 12.2 Å². The number of furan rings is 1. The maximum absolute atomic E-state index is 11.6. The topological polar surface area (TPSA) is 74.0 Å². The minimum Gasteiger partial charge on any atom is -0.463 e. The molecule has 1 unspecified atom stereocenters. The number of nitrogens with zero attached hydrogens (tertiary/aromatic N) is 2. The normalized spacial score (nSPS) is 13.4. The number of aliphatic hydroxyl groups is 1. The standard InChI is InChI=1S/C20H30N2O4S/c1-5-18(15-23)22(12-17-9-7-6-8-16(17)2)14-20-11-10-19(26-20)13-21(3)27(4,24)25/h6-11,18,23H,5,12-15H2,1-4H3. The van der Waals surface area contributed by atoms with Crippen molar-refractivity contribution in [1.29, 1.82) is 0 Å². The van der Waals surface area contributed by atoms with E-state index in [1.165, 1.54) is 28.7 Å². The predicted molar refractivity (Wildman–Crippen MR) is 107 cm³/mol. The minimum atomic E-state index is -3.25. The highest BCUT2D eigenvalue weighted by atomic mass is 32.2. The lowest BCUT2D eigenvalue weighted by molar-refractivity contribution is 0.0991. The zero-order valence-electron chi connectivity index (χ0n) is 16.6. The lowest BCUT2D eigenvalue weighted by atomic mass is 10.1. The first kappa shape index (κ1) is 21.6. The van der Waals surface area contributed by atoms with Crippen molar-refractivity contribution >= 4 is 10.0 Å². The Morgan fingerprint density at radius 2 is 1.70 bits per heavy atom. The van der Waals surface area contributed by atoms with Crippen LogP contribution in [0.2, 0.25) is 0 Å². The van der Waals surface area contributed by atoms with Crippen molar-refractivity contribution in [2.45, 2.75) is 45.9 Å². The van der Waals surface area contributed by atoms with Gasteiger partial charge in [0.15, 0.2) is 0 Å². The van der Waals surface area contributed by atoms with E-state index < -0.39 is 10.0 Å². The molecule has 1 aromatic heterocycles. The molecule has 150 valence electrons. The molecular weight excluding hydrogens is 364 g/mol. The molecule has 2 aromatic rings. The molecular formula is C20H30N2O4S. The van der Waals surface area contributed by atoms with Gasteiger partial charge in [-0.25, -0.2) is 8.42 Å². The molecule has 7 heteroatoms. The SMILES string of the molecule is CCC(CO)N(Cc1ccc(CN(C)S(C)(=O)=O)o1)Cc1ccccc1C. The summed E-state index contributed by atoms with van der Waals surface area (Å²) in [6.45, 7) is 5.68. The molecule has 0 fully saturated rings. The first-order valence-electron chi connectivity index (χ1n) is 9.13. The minimum absolute atomic E-state index is 0.0249. The van der Waals surface area contributed by atoms with Gasteiger partial charge < -0.3 is 9.52 Å². The Bertz CT molecular complexity index is 828. The largest absolute Gasteiger partial charge is 0.463 e. The quantitative estimate of drug-likeness (QED) is 0.671. The van der Waals surface area contributed by atoms with Gasteiger partial charge in [-0.2, -0.15) is 4.31 Å². The van der Waals surface area contributed by atoms with Gasteiger partial charge in [0.1, 0.15) is 11.5 Å². The fraction of sp³-hybridized carbons (Fsp3) is 0.500. The highest BCUT2D eigenvalue weighted by Gasteiger charge is 2.20. The monoisotopic (exact) mass is 394 g/mol. The highest BCUT2D eigenvalue weighted by Crippen LogP contribution is 2.19. The Kier molecular flexibility index (Phi) is 7.61. The van der Waals surface area contributed by atoms with Crippen LogP contribution in [0.1, 0.15) is 36.0 Å². The zero-order valence-corrected chi connectivity index (χ0v) is 17.4. The van der Waals surface area contributed by atoms with E-state index in [1.807, 2.05) is 24.3 Å². The van der Waals surface area contributed by atoms with E-state index in [1.54, 1.807) is 0 Å². The fourth-order valence-corrected chi connectivity index (χ4v) is 3.31. The Labute approximate surface area is 162 Å². The second kappa shape index (κ2) is 9.50. The van der Waals surface area contributed by atoms with E-state index in [0.29, 0.717) is 18.8 Å². The fourth-order valence-electron chi connectivity index (χ4n) is 2.95. The van der Waals surface area contributed by atoms with Gasteiger partial charge in [-0.05, 0) is 36.6 Å². The smallest absolute Gasteiger partial charge is 0.211 e. The third-order valence-electron chi connectivity index (χ3n) is 4.85. The number of aryl methyl sites for hydroxylation is 1. The molecule has 0 aliphatic rings. The number of sulfonamides is 1. The Morgan fingerprint density at radius 3 is 2.26 bits per heavy atom. The summed E-state index contributed by atoms with van der Waals surface area (Å²) in [6.07, 6.45) is 2.00. The van der Waals surface area contributed by atoms with Crippen LogP contribution in [0.5, 0.6) is 0 Å². The summed E-state index contributed by atoms with van der Waals surface area (Å²) >= 11 is 0. The van der Waals surface area contributed by atoms with Crippen LogP contribution in [0.4, 0.5) is 0 Å². The summed E-state index contributed by atoms with van der Waals surface area (Å²) < 4.78 is 30.3. The molecule has 0 radical (unpaired) electrons. The molecule has 6 nitrogen and oxygen atoms in total. The highest BCUT2D eigenvalue weighted by molar-refractivity contribution is 7.88. The van der Waals surface area contributed by atoms with Gasteiger partial charge in [0.25, 0.3) is 0 Å². The van der Waals surface area contributed by atoms with Gasteiger partial charge in [0.05, 0.1) is 26.0 Å². The van der Waals surface area contributed by atoms with Gasteiger partial charge in [0, 0.05) is 19.6 Å². The summed E-state index contributed by atoms with van der Waals surface area (Å²) in [6, 6.07) is 11.9. The Balaban J connectivity index is 2.15. The van der Waals surface area contributed by atoms with E-state index in [4.69, 9.17) is 4.42 Å². The lowest BCUT2D eigenvalue weighted by Crippen LogP contribution is -2.36. The van der Waals surface area contributed by atoms with Crippen LogP contribution in [-0.2, 0) is 29.7 Å². The second-order valence-electron chi connectivity index (χ2n) is 6.96. The zero-order chi connectivity index (χ0) is 20.0. The predicted octanol–water partition coefficient (Wildman–Crippen LogP) is 2.75. The number of hydrogen-bond acceptors (Lipinski definition) is 5. The molecule has 0 amide bonds. The van der Waals surface area contributed by atoms with Crippen molar-refractivity contribution in [3.8, 4) is 0 Å². The molecule has 1 atom stereocenters. The van der Waals surface area contributed by atoms with Crippen LogP contribution in [0.15, 0.2) is 40.8 Å². The maximum atomic E-state index is 11.6. The van der Waals surface area contributed by atoms with Crippen LogP contribution in [-0.4, -0.2) is 48.7 Å². The number of rotatable bonds is 10. The van der Waals surface area contributed by atoms with Crippen molar-refractivity contribution in [1.82, 2.24) is 9.21 Å². The van der Waals surface area contributed by atoms with Crippen LogP contribution < -0.4 is 0 Å². The summed E-state index contributed by atoms with van der Waals surface area (Å²) in [5.74, 6) is 1.36. The molecule has 1 aromatic carbocycles. The van der Waals surface area contributed by atoms with Crippen molar-refractivity contribution in [3.05, 3.63) is 59.0 Å². The van der Waals surface area contributed by atoms with Crippen LogP contribution in [0.3, 0.4) is 0 Å². The third-order valence-corrected chi connectivity index (χ3v) is 6.12. The summed E-state index contributed by atoms with van der Waals surface area (Å²) in [4.78, 5) is 2.20. The summed E-state index contributed by atoms with van der Waals surface area (Å²) in [7, 11) is -1.72. The van der Waals surface area contributed by atoms with Crippen LogP contribution in [0.25, 0.3) is 0 Å². The van der Waals surface area contributed by atoms with Crippen molar-refractivity contribution < 1.29 is 17.9 Å². The molecule has 1 heterocycles. The van der Waals surface area contributed by atoms with Gasteiger partial charge in [-0.3, -0.25) is 4.90 Å². The van der Waals surface area contributed by atoms with Crippen LogP contribution >= 0.6 is 0 Å². The molecule has 0 spiro atoms. The lowest BCUT2D eigenvalue weighted by Gasteiger charge is -2.29. The number of benzene rings is 1. The Morgan fingerprint density at radius 1 is 1.07 bits per heavy atom. The molecule has 2 rings (SSSR count). The van der Waals surface area contributed by atoms with Gasteiger partial charge in [0.2, 0.25) is 10.0 Å². The molecule has 0 aliphatic carbocycles. The van der Waals surface area contributed by atoms with Crippen molar-refractivity contribution in [2.24, 2.45) is 0 Å². The first-order valence-corrected chi connectivity index (χ1v) is 11.0. The molecule has 1 N–H and O–H groups in total. The summed E-state index contributed by atoms with van der Waals surface area (Å²) in [5.41, 5.74) is 2.43.